The fourth-order valence-corrected chi connectivity index (χ4v) is 2.18. The molecule has 2 aromatic carbocycles. The summed E-state index contributed by atoms with van der Waals surface area (Å²) < 4.78 is 39.0. The first-order valence-electron chi connectivity index (χ1n) is 7.99. The first-order chi connectivity index (χ1) is 13.3. The summed E-state index contributed by atoms with van der Waals surface area (Å²) in [5, 5.41) is 11.4. The second kappa shape index (κ2) is 9.32. The highest BCUT2D eigenvalue weighted by atomic mass is 19.3. The van der Waals surface area contributed by atoms with Crippen molar-refractivity contribution in [1.82, 2.24) is 0 Å². The minimum absolute atomic E-state index is 0.00964. The van der Waals surface area contributed by atoms with Crippen LogP contribution in [0.25, 0.3) is 0 Å². The van der Waals surface area contributed by atoms with Gasteiger partial charge in [0.2, 0.25) is 0 Å². The molecule has 1 N–H and O–H groups in total. The highest BCUT2D eigenvalue weighted by Gasteiger charge is 2.21. The molecule has 1 atom stereocenters. The van der Waals surface area contributed by atoms with Crippen molar-refractivity contribution in [2.75, 3.05) is 12.4 Å². The van der Waals surface area contributed by atoms with E-state index in [-0.39, 0.29) is 17.1 Å². The van der Waals surface area contributed by atoms with E-state index in [1.807, 2.05) is 6.07 Å². The lowest BCUT2D eigenvalue weighted by atomic mass is 10.2. The molecule has 0 aromatic heterocycles. The molecule has 0 saturated heterocycles. The Morgan fingerprint density at radius 3 is 2.54 bits per heavy atom. The highest BCUT2D eigenvalue weighted by molar-refractivity contribution is 5.97. The Kier molecular flexibility index (Phi) is 6.87. The van der Waals surface area contributed by atoms with Crippen LogP contribution >= 0.6 is 0 Å². The lowest BCUT2D eigenvalue weighted by Crippen LogP contribution is -2.30. The van der Waals surface area contributed by atoms with Gasteiger partial charge in [0, 0.05) is 5.69 Å². The van der Waals surface area contributed by atoms with Crippen molar-refractivity contribution in [1.29, 1.82) is 5.26 Å². The molecule has 0 bridgehead atoms. The highest BCUT2D eigenvalue weighted by Crippen LogP contribution is 2.29. The van der Waals surface area contributed by atoms with Gasteiger partial charge in [-0.25, -0.2) is 4.79 Å². The molecular weight excluding hydrogens is 374 g/mol. The second-order valence-corrected chi connectivity index (χ2v) is 5.47. The van der Waals surface area contributed by atoms with E-state index in [9.17, 15) is 18.4 Å². The smallest absolute Gasteiger partial charge is 0.387 e. The first-order valence-corrected chi connectivity index (χ1v) is 7.99. The molecule has 0 heterocycles. The molecule has 2 rings (SSSR count). The zero-order valence-corrected chi connectivity index (χ0v) is 14.9. The molecule has 0 unspecified atom stereocenters. The summed E-state index contributed by atoms with van der Waals surface area (Å²) in [6, 6.07) is 11.7. The molecular formula is C19H16F2N2O5. The van der Waals surface area contributed by atoms with Crippen LogP contribution in [0.5, 0.6) is 11.5 Å². The third-order valence-corrected chi connectivity index (χ3v) is 3.53. The summed E-state index contributed by atoms with van der Waals surface area (Å²) in [7, 11) is 1.23. The van der Waals surface area contributed by atoms with Gasteiger partial charge in [-0.05, 0) is 43.3 Å². The number of nitrogens with zero attached hydrogens (tertiary/aromatic N) is 1. The van der Waals surface area contributed by atoms with Gasteiger partial charge in [-0.2, -0.15) is 14.0 Å². The number of methoxy groups -OCH3 is 1. The molecule has 28 heavy (non-hydrogen) atoms. The van der Waals surface area contributed by atoms with Gasteiger partial charge in [0.15, 0.2) is 17.6 Å². The number of esters is 1. The quantitative estimate of drug-likeness (QED) is 0.728. The van der Waals surface area contributed by atoms with Crippen LogP contribution in [0, 0.1) is 11.3 Å². The van der Waals surface area contributed by atoms with Gasteiger partial charge in [0.1, 0.15) is 0 Å². The van der Waals surface area contributed by atoms with Crippen LogP contribution in [0.3, 0.4) is 0 Å². The average molecular weight is 390 g/mol. The SMILES string of the molecule is COc1cc(C(=O)O[C@@H](C)C(=O)Nc2cccc(C#N)c2)ccc1OC(F)F. The minimum atomic E-state index is -3.05. The van der Waals surface area contributed by atoms with E-state index in [4.69, 9.17) is 14.7 Å². The van der Waals surface area contributed by atoms with Gasteiger partial charge in [-0.1, -0.05) is 6.07 Å². The normalized spacial score (nSPS) is 11.3. The second-order valence-electron chi connectivity index (χ2n) is 5.47. The van der Waals surface area contributed by atoms with Crippen LogP contribution in [0.4, 0.5) is 14.5 Å². The maximum absolute atomic E-state index is 12.4. The minimum Gasteiger partial charge on any atom is -0.493 e. The zero-order chi connectivity index (χ0) is 20.7. The van der Waals surface area contributed by atoms with E-state index >= 15 is 0 Å². The Morgan fingerprint density at radius 1 is 1.14 bits per heavy atom. The van der Waals surface area contributed by atoms with Crippen LogP contribution in [0.2, 0.25) is 0 Å². The predicted octanol–water partition coefficient (Wildman–Crippen LogP) is 3.35. The Labute approximate surface area is 159 Å². The number of ether oxygens (including phenoxy) is 3. The van der Waals surface area contributed by atoms with Crippen molar-refractivity contribution in [2.45, 2.75) is 19.6 Å². The molecule has 7 nitrogen and oxygen atoms in total. The number of hydrogen-bond acceptors (Lipinski definition) is 6. The maximum atomic E-state index is 12.4. The molecule has 0 aliphatic rings. The number of alkyl halides is 2. The molecule has 146 valence electrons. The fraction of sp³-hybridized carbons (Fsp3) is 0.211. The van der Waals surface area contributed by atoms with Crippen molar-refractivity contribution in [2.24, 2.45) is 0 Å². The summed E-state index contributed by atoms with van der Waals surface area (Å²) in [6.45, 7) is -1.68. The lowest BCUT2D eigenvalue weighted by Gasteiger charge is -2.15. The van der Waals surface area contributed by atoms with Gasteiger partial charge in [0.25, 0.3) is 5.91 Å². The van der Waals surface area contributed by atoms with Gasteiger partial charge in [-0.3, -0.25) is 4.79 Å². The number of carbonyl (C=O) groups is 2. The summed E-state index contributed by atoms with van der Waals surface area (Å²) in [4.78, 5) is 24.4. The number of benzene rings is 2. The Morgan fingerprint density at radius 2 is 1.89 bits per heavy atom. The van der Waals surface area contributed by atoms with E-state index in [0.29, 0.717) is 11.3 Å². The van der Waals surface area contributed by atoms with Crippen molar-refractivity contribution < 1.29 is 32.6 Å². The third-order valence-electron chi connectivity index (χ3n) is 3.53. The van der Waals surface area contributed by atoms with Gasteiger partial charge >= 0.3 is 12.6 Å². The Balaban J connectivity index is 2.04. The van der Waals surface area contributed by atoms with E-state index in [0.717, 1.165) is 6.07 Å². The molecule has 0 spiro atoms. The summed E-state index contributed by atoms with van der Waals surface area (Å²) in [6.07, 6.45) is -1.15. The number of amides is 1. The number of rotatable bonds is 7. The van der Waals surface area contributed by atoms with Crippen LogP contribution in [0.15, 0.2) is 42.5 Å². The first kappa shape index (κ1) is 20.6. The fourth-order valence-electron chi connectivity index (χ4n) is 2.18. The number of anilines is 1. The lowest BCUT2D eigenvalue weighted by molar-refractivity contribution is -0.123. The van der Waals surface area contributed by atoms with Crippen molar-refractivity contribution in [3.63, 3.8) is 0 Å². The average Bonchev–Trinajstić information content (AvgIpc) is 2.67. The molecule has 1 amide bonds. The van der Waals surface area contributed by atoms with Crippen molar-refractivity contribution >= 4 is 17.6 Å². The van der Waals surface area contributed by atoms with E-state index < -0.39 is 24.6 Å². The number of hydrogen-bond donors (Lipinski definition) is 1. The summed E-state index contributed by atoms with van der Waals surface area (Å²) in [5.74, 6) is -1.78. The molecule has 0 radical (unpaired) electrons. The Hall–Kier alpha value is -3.67. The monoisotopic (exact) mass is 390 g/mol. The zero-order valence-electron chi connectivity index (χ0n) is 14.9. The predicted molar refractivity (Wildman–Crippen MR) is 94.3 cm³/mol. The molecule has 0 fully saturated rings. The number of halogens is 2. The molecule has 0 saturated carbocycles. The summed E-state index contributed by atoms with van der Waals surface area (Å²) in [5.41, 5.74) is 0.729. The van der Waals surface area contributed by atoms with Gasteiger partial charge in [0.05, 0.1) is 24.3 Å². The van der Waals surface area contributed by atoms with Crippen LogP contribution in [-0.2, 0) is 9.53 Å². The summed E-state index contributed by atoms with van der Waals surface area (Å²) >= 11 is 0. The molecule has 0 aliphatic carbocycles. The number of nitrogens with one attached hydrogen (secondary N) is 1. The number of carbonyl (C=O) groups excluding carboxylic acids is 2. The van der Waals surface area contributed by atoms with Gasteiger partial charge in [-0.15, -0.1) is 0 Å². The third kappa shape index (κ3) is 5.41. The van der Waals surface area contributed by atoms with E-state index in [1.165, 1.54) is 32.2 Å². The maximum Gasteiger partial charge on any atom is 0.387 e. The van der Waals surface area contributed by atoms with Crippen molar-refractivity contribution in [3.05, 3.63) is 53.6 Å². The molecule has 0 aliphatic heterocycles. The van der Waals surface area contributed by atoms with Crippen LogP contribution in [-0.4, -0.2) is 31.7 Å². The van der Waals surface area contributed by atoms with Gasteiger partial charge < -0.3 is 19.5 Å². The topological polar surface area (TPSA) is 97.6 Å². The number of nitriles is 1. The van der Waals surface area contributed by atoms with E-state index in [1.54, 1.807) is 18.2 Å². The van der Waals surface area contributed by atoms with E-state index in [2.05, 4.69) is 10.1 Å². The van der Waals surface area contributed by atoms with Crippen LogP contribution in [0.1, 0.15) is 22.8 Å². The Bertz CT molecular complexity index is 911. The molecule has 9 heteroatoms. The molecule has 2 aromatic rings. The standard InChI is InChI=1S/C19H16F2N2O5/c1-11(17(24)23-14-5-3-4-12(8-14)10-22)27-18(25)13-6-7-15(28-19(20)21)16(9-13)26-2/h3-9,11,19H,1-2H3,(H,23,24)/t11-/m0/s1. The van der Waals surface area contributed by atoms with Crippen LogP contribution < -0.4 is 14.8 Å². The van der Waals surface area contributed by atoms with Crippen molar-refractivity contribution in [3.8, 4) is 17.6 Å². The largest absolute Gasteiger partial charge is 0.493 e.